The standard InChI is InChI=1S/C11H18O/c1-5-11(4,9-12)8-6-7-10(2)3/h5,7,9H,1,6,8H2,2-4H3. The Labute approximate surface area is 75.2 Å². The molecule has 68 valence electrons. The van der Waals surface area contributed by atoms with Crippen LogP contribution in [0.4, 0.5) is 0 Å². The Morgan fingerprint density at radius 1 is 1.50 bits per heavy atom. The van der Waals surface area contributed by atoms with Crippen molar-refractivity contribution in [3.63, 3.8) is 0 Å². The first kappa shape index (κ1) is 11.2. The summed E-state index contributed by atoms with van der Waals surface area (Å²) in [5.41, 5.74) is 0.957. The van der Waals surface area contributed by atoms with Gasteiger partial charge in [-0.1, -0.05) is 17.7 Å². The Hall–Kier alpha value is -0.850. The third kappa shape index (κ3) is 4.12. The quantitative estimate of drug-likeness (QED) is 0.453. The number of carbonyl (C=O) groups excluding carboxylic acids is 1. The van der Waals surface area contributed by atoms with Gasteiger partial charge in [-0.2, -0.15) is 0 Å². The second-order valence-corrected chi connectivity index (χ2v) is 3.65. The highest BCUT2D eigenvalue weighted by Gasteiger charge is 2.17. The minimum absolute atomic E-state index is 0.341. The van der Waals surface area contributed by atoms with Crippen molar-refractivity contribution in [3.8, 4) is 0 Å². The van der Waals surface area contributed by atoms with Gasteiger partial charge in [0.25, 0.3) is 0 Å². The molecule has 0 aliphatic carbocycles. The summed E-state index contributed by atoms with van der Waals surface area (Å²) in [5.74, 6) is 0. The van der Waals surface area contributed by atoms with E-state index < -0.39 is 0 Å². The molecule has 0 heterocycles. The molecular weight excluding hydrogens is 148 g/mol. The van der Waals surface area contributed by atoms with Gasteiger partial charge in [-0.25, -0.2) is 0 Å². The molecule has 1 nitrogen and oxygen atoms in total. The van der Waals surface area contributed by atoms with Crippen molar-refractivity contribution in [2.45, 2.75) is 33.6 Å². The van der Waals surface area contributed by atoms with Gasteiger partial charge in [-0.15, -0.1) is 6.58 Å². The van der Waals surface area contributed by atoms with E-state index in [2.05, 4.69) is 26.5 Å². The maximum atomic E-state index is 10.6. The topological polar surface area (TPSA) is 17.1 Å². The van der Waals surface area contributed by atoms with Crippen molar-refractivity contribution in [1.29, 1.82) is 0 Å². The summed E-state index contributed by atoms with van der Waals surface area (Å²) in [5, 5.41) is 0. The van der Waals surface area contributed by atoms with Crippen LogP contribution >= 0.6 is 0 Å². The van der Waals surface area contributed by atoms with E-state index in [0.29, 0.717) is 0 Å². The molecule has 0 spiro atoms. The van der Waals surface area contributed by atoms with Gasteiger partial charge >= 0.3 is 0 Å². The number of carbonyl (C=O) groups is 1. The summed E-state index contributed by atoms with van der Waals surface area (Å²) in [6.07, 6.45) is 6.64. The molecule has 1 unspecified atom stereocenters. The first-order valence-electron chi connectivity index (χ1n) is 4.27. The largest absolute Gasteiger partial charge is 0.302 e. The number of aldehydes is 1. The monoisotopic (exact) mass is 166 g/mol. The summed E-state index contributed by atoms with van der Waals surface area (Å²) in [4.78, 5) is 10.6. The van der Waals surface area contributed by atoms with Crippen molar-refractivity contribution in [1.82, 2.24) is 0 Å². The minimum Gasteiger partial charge on any atom is -0.302 e. The summed E-state index contributed by atoms with van der Waals surface area (Å²) in [6, 6.07) is 0. The third-order valence-electron chi connectivity index (χ3n) is 1.97. The van der Waals surface area contributed by atoms with Crippen molar-refractivity contribution in [3.05, 3.63) is 24.3 Å². The lowest BCUT2D eigenvalue weighted by atomic mass is 9.87. The van der Waals surface area contributed by atoms with Crippen LogP contribution in [0.15, 0.2) is 24.3 Å². The molecule has 0 aliphatic rings. The smallest absolute Gasteiger partial charge is 0.129 e. The molecule has 0 bridgehead atoms. The molecule has 0 aromatic rings. The predicted molar refractivity (Wildman–Crippen MR) is 53.0 cm³/mol. The summed E-state index contributed by atoms with van der Waals surface area (Å²) < 4.78 is 0. The Balaban J connectivity index is 3.98. The van der Waals surface area contributed by atoms with Crippen molar-refractivity contribution >= 4 is 6.29 Å². The number of allylic oxidation sites excluding steroid dienone is 3. The van der Waals surface area contributed by atoms with Gasteiger partial charge in [0.2, 0.25) is 0 Å². The summed E-state index contributed by atoms with van der Waals surface area (Å²) in [6.45, 7) is 9.68. The average molecular weight is 166 g/mol. The lowest BCUT2D eigenvalue weighted by Crippen LogP contribution is -2.13. The van der Waals surface area contributed by atoms with E-state index in [1.54, 1.807) is 6.08 Å². The van der Waals surface area contributed by atoms with Crippen LogP contribution in [0.3, 0.4) is 0 Å². The molecule has 0 rings (SSSR count). The molecule has 0 aliphatic heterocycles. The second kappa shape index (κ2) is 4.91. The van der Waals surface area contributed by atoms with Crippen molar-refractivity contribution in [2.24, 2.45) is 5.41 Å². The Kier molecular flexibility index (Phi) is 4.57. The first-order valence-corrected chi connectivity index (χ1v) is 4.27. The van der Waals surface area contributed by atoms with E-state index in [-0.39, 0.29) is 5.41 Å². The van der Waals surface area contributed by atoms with Crippen LogP contribution in [0.25, 0.3) is 0 Å². The van der Waals surface area contributed by atoms with E-state index in [1.807, 2.05) is 6.92 Å². The molecule has 0 radical (unpaired) electrons. The van der Waals surface area contributed by atoms with Gasteiger partial charge in [0.1, 0.15) is 6.29 Å². The fourth-order valence-corrected chi connectivity index (χ4v) is 0.881. The molecule has 0 aromatic carbocycles. The molecule has 0 saturated carbocycles. The molecule has 0 amide bonds. The lowest BCUT2D eigenvalue weighted by molar-refractivity contribution is -0.113. The molecular formula is C11H18O. The van der Waals surface area contributed by atoms with Crippen molar-refractivity contribution < 1.29 is 4.79 Å². The summed E-state index contributed by atoms with van der Waals surface area (Å²) >= 11 is 0. The van der Waals surface area contributed by atoms with Crippen molar-refractivity contribution in [2.75, 3.05) is 0 Å². The molecule has 0 fully saturated rings. The Morgan fingerprint density at radius 2 is 2.08 bits per heavy atom. The average Bonchev–Trinajstić information content (AvgIpc) is 2.03. The van der Waals surface area contributed by atoms with Crippen LogP contribution in [-0.4, -0.2) is 6.29 Å². The maximum absolute atomic E-state index is 10.6. The normalized spacial score (nSPS) is 14.6. The van der Waals surface area contributed by atoms with Gasteiger partial charge < -0.3 is 4.79 Å². The Bertz CT molecular complexity index is 177. The molecule has 12 heavy (non-hydrogen) atoms. The van der Waals surface area contributed by atoms with Gasteiger partial charge in [-0.3, -0.25) is 0 Å². The zero-order chi connectivity index (χ0) is 9.61. The highest BCUT2D eigenvalue weighted by molar-refractivity contribution is 5.61. The van der Waals surface area contributed by atoms with Gasteiger partial charge in [0.05, 0.1) is 0 Å². The fourth-order valence-electron chi connectivity index (χ4n) is 0.881. The molecule has 0 N–H and O–H groups in total. The summed E-state index contributed by atoms with van der Waals surface area (Å²) in [7, 11) is 0. The highest BCUT2D eigenvalue weighted by Crippen LogP contribution is 2.21. The van der Waals surface area contributed by atoms with E-state index >= 15 is 0 Å². The van der Waals surface area contributed by atoms with Gasteiger partial charge in [0.15, 0.2) is 0 Å². The number of rotatable bonds is 5. The van der Waals surface area contributed by atoms with Crippen LogP contribution in [0, 0.1) is 5.41 Å². The van der Waals surface area contributed by atoms with E-state index in [0.717, 1.165) is 19.1 Å². The number of hydrogen-bond acceptors (Lipinski definition) is 1. The first-order chi connectivity index (χ1) is 5.54. The van der Waals surface area contributed by atoms with Crippen LogP contribution in [-0.2, 0) is 4.79 Å². The van der Waals surface area contributed by atoms with Gasteiger partial charge in [0, 0.05) is 5.41 Å². The van der Waals surface area contributed by atoms with Crippen LogP contribution in [0.2, 0.25) is 0 Å². The highest BCUT2D eigenvalue weighted by atomic mass is 16.1. The molecule has 1 atom stereocenters. The van der Waals surface area contributed by atoms with Crippen LogP contribution in [0.1, 0.15) is 33.6 Å². The predicted octanol–water partition coefficient (Wildman–Crippen LogP) is 3.12. The van der Waals surface area contributed by atoms with Crippen LogP contribution < -0.4 is 0 Å². The van der Waals surface area contributed by atoms with E-state index in [1.165, 1.54) is 5.57 Å². The second-order valence-electron chi connectivity index (χ2n) is 3.65. The minimum atomic E-state index is -0.341. The van der Waals surface area contributed by atoms with Gasteiger partial charge in [-0.05, 0) is 33.6 Å². The van der Waals surface area contributed by atoms with E-state index in [9.17, 15) is 4.79 Å². The zero-order valence-corrected chi connectivity index (χ0v) is 8.26. The lowest BCUT2D eigenvalue weighted by Gasteiger charge is -2.16. The van der Waals surface area contributed by atoms with Crippen LogP contribution in [0.5, 0.6) is 0 Å². The molecule has 0 aromatic heterocycles. The third-order valence-corrected chi connectivity index (χ3v) is 1.97. The maximum Gasteiger partial charge on any atom is 0.129 e. The molecule has 1 heteroatoms. The molecule has 0 saturated heterocycles. The zero-order valence-electron chi connectivity index (χ0n) is 8.26. The SMILES string of the molecule is C=CC(C)(C=O)CCC=C(C)C. The van der Waals surface area contributed by atoms with E-state index in [4.69, 9.17) is 0 Å². The fraction of sp³-hybridized carbons (Fsp3) is 0.545. The Morgan fingerprint density at radius 3 is 2.42 bits per heavy atom. The number of hydrogen-bond donors (Lipinski definition) is 0.